The van der Waals surface area contributed by atoms with Crippen LogP contribution in [-0.4, -0.2) is 22.8 Å². The molecule has 0 bridgehead atoms. The Labute approximate surface area is 190 Å². The first kappa shape index (κ1) is 24.7. The van der Waals surface area contributed by atoms with Crippen LogP contribution in [0.2, 0.25) is 0 Å². The lowest BCUT2D eigenvalue weighted by molar-refractivity contribution is -0.141. The van der Waals surface area contributed by atoms with E-state index in [-0.39, 0.29) is 23.4 Å². The lowest BCUT2D eigenvalue weighted by Crippen LogP contribution is -2.48. The van der Waals surface area contributed by atoms with E-state index in [1.807, 2.05) is 0 Å². The van der Waals surface area contributed by atoms with Crippen LogP contribution in [0.1, 0.15) is 106 Å². The fourth-order valence-electron chi connectivity index (χ4n) is 7.35. The molecule has 0 spiro atoms. The molecular formula is C28H46O3. The number of ketones is 2. The molecule has 3 heteroatoms. The molecule has 3 aliphatic carbocycles. The number of hydrogen-bond acceptors (Lipinski definition) is 3. The Morgan fingerprint density at radius 1 is 1.03 bits per heavy atom. The Bertz CT molecular complexity index is 707. The van der Waals surface area contributed by atoms with E-state index >= 15 is 0 Å². The van der Waals surface area contributed by atoms with Gasteiger partial charge in [-0.2, -0.15) is 0 Å². The third-order valence-electron chi connectivity index (χ3n) is 9.65. The van der Waals surface area contributed by atoms with Crippen molar-refractivity contribution in [1.82, 2.24) is 0 Å². The molecule has 0 radical (unpaired) electrons. The van der Waals surface area contributed by atoms with Crippen LogP contribution < -0.4 is 0 Å². The largest absolute Gasteiger partial charge is 0.393 e. The molecule has 0 aromatic rings. The first-order chi connectivity index (χ1) is 14.5. The Kier molecular flexibility index (Phi) is 7.56. The molecular weight excluding hydrogens is 384 g/mol. The van der Waals surface area contributed by atoms with Crippen molar-refractivity contribution in [1.29, 1.82) is 0 Å². The first-order valence-corrected chi connectivity index (χ1v) is 13.0. The van der Waals surface area contributed by atoms with E-state index in [0.717, 1.165) is 37.2 Å². The molecule has 3 nitrogen and oxygen atoms in total. The molecule has 0 aromatic heterocycles. The van der Waals surface area contributed by atoms with Crippen molar-refractivity contribution < 1.29 is 14.7 Å². The second-order valence-electron chi connectivity index (χ2n) is 12.1. The van der Waals surface area contributed by atoms with E-state index in [9.17, 15) is 14.7 Å². The lowest BCUT2D eigenvalue weighted by Gasteiger charge is -2.48. The van der Waals surface area contributed by atoms with Crippen LogP contribution in [-0.2, 0) is 9.59 Å². The topological polar surface area (TPSA) is 54.4 Å². The van der Waals surface area contributed by atoms with Gasteiger partial charge in [-0.05, 0) is 72.7 Å². The zero-order valence-corrected chi connectivity index (χ0v) is 20.9. The summed E-state index contributed by atoms with van der Waals surface area (Å²) in [5.41, 5.74) is 0.439. The van der Waals surface area contributed by atoms with Crippen LogP contribution in [0.25, 0.3) is 0 Å². The minimum atomic E-state index is -0.395. The summed E-state index contributed by atoms with van der Waals surface area (Å²) in [6.07, 6.45) is 10.6. The third-order valence-corrected chi connectivity index (χ3v) is 9.65. The summed E-state index contributed by atoms with van der Waals surface area (Å²) < 4.78 is 0. The number of fused-ring (bicyclic) bond motifs is 2. The number of aliphatic hydroxyl groups excluding tert-OH is 1. The minimum Gasteiger partial charge on any atom is -0.393 e. The zero-order chi connectivity index (χ0) is 23.0. The molecule has 7 atom stereocenters. The van der Waals surface area contributed by atoms with Gasteiger partial charge in [-0.25, -0.2) is 0 Å². The molecule has 0 amide bonds. The van der Waals surface area contributed by atoms with Crippen LogP contribution in [0.15, 0.2) is 11.6 Å². The van der Waals surface area contributed by atoms with E-state index in [0.29, 0.717) is 42.7 Å². The van der Waals surface area contributed by atoms with Gasteiger partial charge in [-0.3, -0.25) is 9.59 Å². The SMILES string of the molecule is CC(C)CCC[C@@H](C)[C@H]1CC=C2C(=O)CC[C@H]3[C@H](C)[C@@H](O)CC[C@]3(C)C(=O)CC[C@@]21C. The number of aliphatic hydroxyl groups is 1. The fourth-order valence-corrected chi connectivity index (χ4v) is 7.35. The van der Waals surface area contributed by atoms with E-state index in [1.54, 1.807) is 0 Å². The summed E-state index contributed by atoms with van der Waals surface area (Å²) in [7, 11) is 0. The zero-order valence-electron chi connectivity index (χ0n) is 20.9. The average molecular weight is 431 g/mol. The number of hydrogen-bond donors (Lipinski definition) is 1. The summed E-state index contributed by atoms with van der Waals surface area (Å²) >= 11 is 0. The maximum absolute atomic E-state index is 13.6. The molecule has 2 saturated carbocycles. The van der Waals surface area contributed by atoms with Gasteiger partial charge in [0.15, 0.2) is 5.78 Å². The molecule has 1 N–H and O–H groups in total. The minimum absolute atomic E-state index is 0.0765. The molecule has 0 saturated heterocycles. The van der Waals surface area contributed by atoms with Crippen LogP contribution in [0.5, 0.6) is 0 Å². The Morgan fingerprint density at radius 2 is 1.74 bits per heavy atom. The van der Waals surface area contributed by atoms with Crippen LogP contribution in [0.3, 0.4) is 0 Å². The molecule has 0 aromatic carbocycles. The van der Waals surface area contributed by atoms with Crippen molar-refractivity contribution in [3.05, 3.63) is 11.6 Å². The second-order valence-corrected chi connectivity index (χ2v) is 12.1. The predicted octanol–water partition coefficient (Wildman–Crippen LogP) is 6.53. The fraction of sp³-hybridized carbons (Fsp3) is 0.857. The molecule has 0 unspecified atom stereocenters. The normalized spacial score (nSPS) is 40.3. The summed E-state index contributed by atoms with van der Waals surface area (Å²) in [6, 6.07) is 0. The predicted molar refractivity (Wildman–Crippen MR) is 127 cm³/mol. The van der Waals surface area contributed by atoms with E-state index in [1.165, 1.54) is 19.3 Å². The van der Waals surface area contributed by atoms with Crippen LogP contribution in [0, 0.1) is 40.4 Å². The number of rotatable bonds is 5. The van der Waals surface area contributed by atoms with Crippen molar-refractivity contribution in [3.8, 4) is 0 Å². The number of carbonyl (C=O) groups excluding carboxylic acids is 2. The summed E-state index contributed by atoms with van der Waals surface area (Å²) in [6.45, 7) is 13.4. The highest BCUT2D eigenvalue weighted by Crippen LogP contribution is 2.55. The number of allylic oxidation sites excluding steroid dienone is 2. The van der Waals surface area contributed by atoms with Gasteiger partial charge >= 0.3 is 0 Å². The Hall–Kier alpha value is -0.960. The van der Waals surface area contributed by atoms with E-state index in [4.69, 9.17) is 0 Å². The van der Waals surface area contributed by atoms with Crippen molar-refractivity contribution >= 4 is 11.6 Å². The summed E-state index contributed by atoms with van der Waals surface area (Å²) in [4.78, 5) is 27.0. The highest BCUT2D eigenvalue weighted by atomic mass is 16.3. The van der Waals surface area contributed by atoms with Gasteiger partial charge in [0.25, 0.3) is 0 Å². The van der Waals surface area contributed by atoms with Gasteiger partial charge < -0.3 is 5.11 Å². The van der Waals surface area contributed by atoms with Gasteiger partial charge in [0.2, 0.25) is 0 Å². The standard InChI is InChI=1S/C28H46O3/c1-18(2)8-7-9-19(3)21-10-11-23-25(30)13-12-22-20(4)24(29)14-16-28(22,6)26(31)15-17-27(21,23)5/h11,18-22,24,29H,7-10,12-17H2,1-6H3/t19-,20+,21-,22+,24+,27-,28+/m1/s1. The van der Waals surface area contributed by atoms with E-state index in [2.05, 4.69) is 47.6 Å². The number of Topliss-reactive ketones (excluding diaryl/α,β-unsaturated/α-hetero) is 2. The third kappa shape index (κ3) is 4.72. The highest BCUT2D eigenvalue weighted by molar-refractivity contribution is 5.97. The van der Waals surface area contributed by atoms with E-state index < -0.39 is 5.41 Å². The monoisotopic (exact) mass is 430 g/mol. The lowest BCUT2D eigenvalue weighted by atomic mass is 9.56. The van der Waals surface area contributed by atoms with Crippen molar-refractivity contribution in [2.45, 2.75) is 112 Å². The molecule has 3 rings (SSSR count). The van der Waals surface area contributed by atoms with Crippen molar-refractivity contribution in [2.75, 3.05) is 0 Å². The van der Waals surface area contributed by atoms with Crippen LogP contribution in [0.4, 0.5) is 0 Å². The Morgan fingerprint density at radius 3 is 2.42 bits per heavy atom. The van der Waals surface area contributed by atoms with Gasteiger partial charge in [-0.15, -0.1) is 0 Å². The quantitative estimate of drug-likeness (QED) is 0.539. The average Bonchev–Trinajstić information content (AvgIpc) is 3.05. The smallest absolute Gasteiger partial charge is 0.159 e. The second kappa shape index (κ2) is 9.49. The van der Waals surface area contributed by atoms with Gasteiger partial charge in [0.05, 0.1) is 6.10 Å². The highest BCUT2D eigenvalue weighted by Gasteiger charge is 2.51. The first-order valence-electron chi connectivity index (χ1n) is 13.0. The van der Waals surface area contributed by atoms with Crippen molar-refractivity contribution in [3.63, 3.8) is 0 Å². The molecule has 176 valence electrons. The molecule has 0 heterocycles. The molecule has 2 fully saturated rings. The Balaban J connectivity index is 1.82. The molecule has 31 heavy (non-hydrogen) atoms. The van der Waals surface area contributed by atoms with Gasteiger partial charge in [-0.1, -0.05) is 66.9 Å². The molecule has 3 aliphatic rings. The summed E-state index contributed by atoms with van der Waals surface area (Å²) in [5, 5.41) is 10.5. The summed E-state index contributed by atoms with van der Waals surface area (Å²) in [5.74, 6) is 2.60. The molecule has 0 aliphatic heterocycles. The van der Waals surface area contributed by atoms with Crippen LogP contribution >= 0.6 is 0 Å². The maximum Gasteiger partial charge on any atom is 0.159 e. The van der Waals surface area contributed by atoms with Crippen molar-refractivity contribution in [2.24, 2.45) is 40.4 Å². The maximum atomic E-state index is 13.6. The van der Waals surface area contributed by atoms with Gasteiger partial charge in [0.1, 0.15) is 5.78 Å². The number of carbonyl (C=O) groups is 2. The van der Waals surface area contributed by atoms with Gasteiger partial charge in [0, 0.05) is 18.3 Å².